The Labute approximate surface area is 183 Å². The molecule has 1 saturated carbocycles. The third-order valence-electron chi connectivity index (χ3n) is 5.20. The van der Waals surface area contributed by atoms with E-state index in [-0.39, 0.29) is 11.7 Å². The lowest BCUT2D eigenvalue weighted by Gasteiger charge is -2.22. The van der Waals surface area contributed by atoms with Crippen molar-refractivity contribution in [3.05, 3.63) is 58.6 Å². The van der Waals surface area contributed by atoms with E-state index in [1.807, 2.05) is 54.3 Å². The molecule has 0 unspecified atom stereocenters. The van der Waals surface area contributed by atoms with Gasteiger partial charge in [-0.05, 0) is 55.7 Å². The van der Waals surface area contributed by atoms with Crippen LogP contribution in [-0.4, -0.2) is 31.2 Å². The lowest BCUT2D eigenvalue weighted by atomic mass is 9.89. The highest BCUT2D eigenvalue weighted by Gasteiger charge is 2.24. The minimum atomic E-state index is -0.0574. The fourth-order valence-electron chi connectivity index (χ4n) is 3.71. The molecule has 0 spiro atoms. The molecule has 0 bridgehead atoms. The smallest absolute Gasteiger partial charge is 0.234 e. The van der Waals surface area contributed by atoms with E-state index < -0.39 is 0 Å². The Hall–Kier alpha value is -2.06. The van der Waals surface area contributed by atoms with Crippen molar-refractivity contribution in [3.8, 4) is 0 Å². The molecule has 1 aliphatic rings. The predicted octanol–water partition coefficient (Wildman–Crippen LogP) is 5.24. The molecule has 1 N–H and O–H groups in total. The number of aromatic nitrogens is 4. The number of aryl methyl sites for hydroxylation is 1. The lowest BCUT2D eigenvalue weighted by molar-refractivity contribution is -0.113. The number of carbonyl (C=O) groups excluding carboxylic acids is 1. The molecule has 2 heterocycles. The number of hydrogen-bond acceptors (Lipinski definition) is 4. The molecule has 6 nitrogen and oxygen atoms in total. The Morgan fingerprint density at radius 1 is 1.21 bits per heavy atom. The summed E-state index contributed by atoms with van der Waals surface area (Å²) in [4.78, 5) is 12.5. The van der Waals surface area contributed by atoms with Crippen molar-refractivity contribution < 1.29 is 4.79 Å². The zero-order chi connectivity index (χ0) is 20.2. The van der Waals surface area contributed by atoms with Crippen molar-refractivity contribution in [2.75, 3.05) is 11.1 Å². The molecule has 1 aliphatic carbocycles. The number of rotatable bonds is 6. The zero-order valence-electron chi connectivity index (χ0n) is 16.3. The first-order valence-corrected chi connectivity index (χ1v) is 11.7. The number of benzene rings is 1. The van der Waals surface area contributed by atoms with Crippen molar-refractivity contribution in [2.24, 2.45) is 0 Å². The number of carbonyl (C=O) groups is 1. The van der Waals surface area contributed by atoms with Gasteiger partial charge in [0.1, 0.15) is 0 Å². The quantitative estimate of drug-likeness (QED) is 0.497. The standard InChI is InChI=1S/C21H24BrN5OS/c1-15-13-17(9-10-18(15)22)23-19(28)14-29-21-25-24-20(16-7-3-2-4-8-16)27(21)26-11-5-6-12-26/h5-6,9-13,16H,2-4,7-8,14H2,1H3,(H,23,28). The second-order valence-electron chi connectivity index (χ2n) is 7.35. The van der Waals surface area contributed by atoms with Crippen LogP contribution in [0.15, 0.2) is 52.4 Å². The summed E-state index contributed by atoms with van der Waals surface area (Å²) in [6.45, 7) is 2.00. The third-order valence-corrected chi connectivity index (χ3v) is 7.01. The van der Waals surface area contributed by atoms with E-state index in [2.05, 4.69) is 36.1 Å². The first-order valence-electron chi connectivity index (χ1n) is 9.89. The van der Waals surface area contributed by atoms with Gasteiger partial charge in [-0.2, -0.15) is 0 Å². The number of nitrogens with one attached hydrogen (secondary N) is 1. The topological polar surface area (TPSA) is 64.7 Å². The maximum atomic E-state index is 12.5. The molecule has 1 aromatic carbocycles. The van der Waals surface area contributed by atoms with E-state index in [0.717, 1.165) is 39.5 Å². The number of hydrogen-bond donors (Lipinski definition) is 1. The molecule has 8 heteroatoms. The van der Waals surface area contributed by atoms with Gasteiger partial charge in [0.2, 0.25) is 11.1 Å². The SMILES string of the molecule is Cc1cc(NC(=O)CSc2nnc(C3CCCCC3)n2-n2cccc2)ccc1Br. The van der Waals surface area contributed by atoms with E-state index in [1.54, 1.807) is 0 Å². The van der Waals surface area contributed by atoms with E-state index in [1.165, 1.54) is 31.0 Å². The van der Waals surface area contributed by atoms with Crippen LogP contribution < -0.4 is 5.32 Å². The Morgan fingerprint density at radius 2 is 1.97 bits per heavy atom. The number of amides is 1. The largest absolute Gasteiger partial charge is 0.325 e. The third kappa shape index (κ3) is 4.75. The zero-order valence-corrected chi connectivity index (χ0v) is 18.7. The predicted molar refractivity (Wildman–Crippen MR) is 119 cm³/mol. The summed E-state index contributed by atoms with van der Waals surface area (Å²) < 4.78 is 5.08. The Kier molecular flexibility index (Phi) is 6.40. The van der Waals surface area contributed by atoms with Crippen LogP contribution in [0.2, 0.25) is 0 Å². The maximum Gasteiger partial charge on any atom is 0.234 e. The van der Waals surface area contributed by atoms with Crippen molar-refractivity contribution in [1.82, 2.24) is 19.5 Å². The molecular weight excluding hydrogens is 450 g/mol. The van der Waals surface area contributed by atoms with Crippen LogP contribution in [-0.2, 0) is 4.79 Å². The fourth-order valence-corrected chi connectivity index (χ4v) is 4.70. The monoisotopic (exact) mass is 473 g/mol. The summed E-state index contributed by atoms with van der Waals surface area (Å²) in [5.74, 6) is 1.64. The molecular formula is C21H24BrN5OS. The van der Waals surface area contributed by atoms with Gasteiger partial charge >= 0.3 is 0 Å². The van der Waals surface area contributed by atoms with Gasteiger partial charge in [0.15, 0.2) is 5.82 Å². The highest BCUT2D eigenvalue weighted by atomic mass is 79.9. The van der Waals surface area contributed by atoms with Gasteiger partial charge in [-0.1, -0.05) is 47.0 Å². The summed E-state index contributed by atoms with van der Waals surface area (Å²) in [5, 5.41) is 12.6. The van der Waals surface area contributed by atoms with E-state index in [4.69, 9.17) is 0 Å². The molecule has 29 heavy (non-hydrogen) atoms. The van der Waals surface area contributed by atoms with Crippen LogP contribution in [0.25, 0.3) is 0 Å². The second-order valence-corrected chi connectivity index (χ2v) is 9.15. The van der Waals surface area contributed by atoms with Crippen molar-refractivity contribution >= 4 is 39.3 Å². The van der Waals surface area contributed by atoms with Crippen LogP contribution in [0.4, 0.5) is 5.69 Å². The highest BCUT2D eigenvalue weighted by Crippen LogP contribution is 2.33. The molecule has 0 aliphatic heterocycles. The van der Waals surface area contributed by atoms with Gasteiger partial charge in [-0.15, -0.1) is 10.2 Å². The van der Waals surface area contributed by atoms with Crippen LogP contribution in [0, 0.1) is 6.92 Å². The Bertz CT molecular complexity index is 979. The molecule has 3 aromatic rings. The molecule has 1 amide bonds. The minimum Gasteiger partial charge on any atom is -0.325 e. The number of halogens is 1. The average Bonchev–Trinajstić information content (AvgIpc) is 3.39. The Morgan fingerprint density at radius 3 is 2.69 bits per heavy atom. The molecule has 0 saturated heterocycles. The molecule has 1 fully saturated rings. The first-order chi connectivity index (χ1) is 14.1. The molecule has 152 valence electrons. The van der Waals surface area contributed by atoms with Crippen molar-refractivity contribution in [3.63, 3.8) is 0 Å². The van der Waals surface area contributed by atoms with Gasteiger partial charge in [-0.25, -0.2) is 4.68 Å². The second kappa shape index (κ2) is 9.17. The van der Waals surface area contributed by atoms with Gasteiger partial charge in [0, 0.05) is 28.5 Å². The van der Waals surface area contributed by atoms with Gasteiger partial charge in [0.05, 0.1) is 5.75 Å². The number of nitrogens with zero attached hydrogens (tertiary/aromatic N) is 4. The summed E-state index contributed by atoms with van der Waals surface area (Å²) >= 11 is 4.89. The first kappa shape index (κ1) is 20.2. The molecule has 2 aromatic heterocycles. The van der Waals surface area contributed by atoms with Gasteiger partial charge < -0.3 is 5.32 Å². The fraction of sp³-hybridized carbons (Fsp3) is 0.381. The number of thioether (sulfide) groups is 1. The van der Waals surface area contributed by atoms with E-state index in [0.29, 0.717) is 5.92 Å². The Balaban J connectivity index is 1.48. The lowest BCUT2D eigenvalue weighted by Crippen LogP contribution is -2.18. The molecule has 4 rings (SSSR count). The normalized spacial score (nSPS) is 14.8. The number of anilines is 1. The van der Waals surface area contributed by atoms with Crippen LogP contribution in [0.5, 0.6) is 0 Å². The van der Waals surface area contributed by atoms with Crippen LogP contribution in [0.3, 0.4) is 0 Å². The average molecular weight is 474 g/mol. The van der Waals surface area contributed by atoms with Crippen LogP contribution in [0.1, 0.15) is 49.4 Å². The molecule has 0 atom stereocenters. The van der Waals surface area contributed by atoms with Gasteiger partial charge in [0.25, 0.3) is 0 Å². The van der Waals surface area contributed by atoms with Crippen LogP contribution >= 0.6 is 27.7 Å². The highest BCUT2D eigenvalue weighted by molar-refractivity contribution is 9.10. The summed E-state index contributed by atoms with van der Waals surface area (Å²) in [6.07, 6.45) is 10.0. The summed E-state index contributed by atoms with van der Waals surface area (Å²) in [5.41, 5.74) is 1.88. The summed E-state index contributed by atoms with van der Waals surface area (Å²) in [6, 6.07) is 9.76. The molecule has 0 radical (unpaired) electrons. The minimum absolute atomic E-state index is 0.0574. The van der Waals surface area contributed by atoms with Crippen molar-refractivity contribution in [1.29, 1.82) is 0 Å². The summed E-state index contributed by atoms with van der Waals surface area (Å²) in [7, 11) is 0. The van der Waals surface area contributed by atoms with Crippen molar-refractivity contribution in [2.45, 2.75) is 50.1 Å². The van der Waals surface area contributed by atoms with E-state index >= 15 is 0 Å². The maximum absolute atomic E-state index is 12.5. The van der Waals surface area contributed by atoms with E-state index in [9.17, 15) is 4.79 Å². The van der Waals surface area contributed by atoms with Gasteiger partial charge in [-0.3, -0.25) is 9.47 Å².